The van der Waals surface area contributed by atoms with Gasteiger partial charge in [0.25, 0.3) is 5.91 Å². The molecule has 1 N–H and O–H groups in total. The van der Waals surface area contributed by atoms with Gasteiger partial charge in [-0.1, -0.05) is 50.2 Å². The lowest BCUT2D eigenvalue weighted by molar-refractivity contribution is -0.123. The Hall–Kier alpha value is -3.08. The van der Waals surface area contributed by atoms with Crippen molar-refractivity contribution in [1.82, 2.24) is 14.9 Å². The van der Waals surface area contributed by atoms with Crippen LogP contribution in [-0.4, -0.2) is 22.1 Å². The number of amides is 1. The quantitative estimate of drug-likeness (QED) is 0.644. The van der Waals surface area contributed by atoms with Gasteiger partial charge < -0.3 is 14.6 Å². The van der Waals surface area contributed by atoms with Crippen LogP contribution in [-0.2, 0) is 17.9 Å². The average Bonchev–Trinajstić information content (AvgIpc) is 3.18. The molecule has 0 spiro atoms. The molecule has 1 heterocycles. The summed E-state index contributed by atoms with van der Waals surface area (Å²) in [4.78, 5) is 16.2. The van der Waals surface area contributed by atoms with Crippen molar-refractivity contribution in [2.45, 2.75) is 39.8 Å². The van der Waals surface area contributed by atoms with Crippen LogP contribution in [0, 0.1) is 6.92 Å². The van der Waals surface area contributed by atoms with Crippen LogP contribution in [0.2, 0.25) is 0 Å². The van der Waals surface area contributed by atoms with Crippen LogP contribution in [0.5, 0.6) is 5.75 Å². The fourth-order valence-electron chi connectivity index (χ4n) is 2.99. The zero-order valence-corrected chi connectivity index (χ0v) is 16.7. The van der Waals surface area contributed by atoms with Crippen LogP contribution in [0.25, 0.3) is 0 Å². The van der Waals surface area contributed by atoms with Crippen molar-refractivity contribution in [3.8, 4) is 5.75 Å². The van der Waals surface area contributed by atoms with Gasteiger partial charge in [-0.3, -0.25) is 4.79 Å². The van der Waals surface area contributed by atoms with E-state index in [0.29, 0.717) is 12.5 Å². The SMILES string of the molecule is Cc1ccc(C(C)C)c(OCC(=O)NCc2ccc(Cn3ccnc3)cc2)c1. The Kier molecular flexibility index (Phi) is 6.48. The van der Waals surface area contributed by atoms with Crippen LogP contribution in [0.1, 0.15) is 42.0 Å². The lowest BCUT2D eigenvalue weighted by Gasteiger charge is -2.15. The van der Waals surface area contributed by atoms with Crippen molar-refractivity contribution < 1.29 is 9.53 Å². The third-order valence-corrected chi connectivity index (χ3v) is 4.59. The molecule has 28 heavy (non-hydrogen) atoms. The molecule has 1 amide bonds. The number of aromatic nitrogens is 2. The van der Waals surface area contributed by atoms with Crippen LogP contribution >= 0.6 is 0 Å². The molecule has 0 aliphatic carbocycles. The smallest absolute Gasteiger partial charge is 0.258 e. The maximum absolute atomic E-state index is 12.2. The number of benzene rings is 2. The van der Waals surface area contributed by atoms with Crippen molar-refractivity contribution >= 4 is 5.91 Å². The summed E-state index contributed by atoms with van der Waals surface area (Å²) >= 11 is 0. The number of imidazole rings is 1. The second kappa shape index (κ2) is 9.22. The maximum Gasteiger partial charge on any atom is 0.258 e. The Morgan fingerprint density at radius 1 is 1.14 bits per heavy atom. The molecule has 0 radical (unpaired) electrons. The summed E-state index contributed by atoms with van der Waals surface area (Å²) in [7, 11) is 0. The Morgan fingerprint density at radius 2 is 1.89 bits per heavy atom. The number of carbonyl (C=O) groups excluding carboxylic acids is 1. The molecule has 5 heteroatoms. The highest BCUT2D eigenvalue weighted by molar-refractivity contribution is 5.77. The van der Waals surface area contributed by atoms with Gasteiger partial charge in [-0.15, -0.1) is 0 Å². The molecular weight excluding hydrogens is 350 g/mol. The number of hydrogen-bond acceptors (Lipinski definition) is 3. The summed E-state index contributed by atoms with van der Waals surface area (Å²) < 4.78 is 7.81. The first-order valence-corrected chi connectivity index (χ1v) is 9.55. The van der Waals surface area contributed by atoms with Crippen LogP contribution in [0.3, 0.4) is 0 Å². The number of nitrogens with zero attached hydrogens (tertiary/aromatic N) is 2. The molecule has 1 aromatic heterocycles. The normalized spacial score (nSPS) is 10.9. The number of aryl methyl sites for hydroxylation is 1. The van der Waals surface area contributed by atoms with Gasteiger partial charge in [-0.05, 0) is 41.2 Å². The number of rotatable bonds is 8. The minimum atomic E-state index is -0.126. The molecule has 3 aromatic rings. The van der Waals surface area contributed by atoms with Gasteiger partial charge in [0.2, 0.25) is 0 Å². The summed E-state index contributed by atoms with van der Waals surface area (Å²) in [5.74, 6) is 1.01. The first kappa shape index (κ1) is 19.7. The summed E-state index contributed by atoms with van der Waals surface area (Å²) in [5, 5.41) is 2.92. The minimum absolute atomic E-state index is 0.0158. The third-order valence-electron chi connectivity index (χ3n) is 4.59. The first-order chi connectivity index (χ1) is 13.5. The molecule has 0 bridgehead atoms. The van der Waals surface area contributed by atoms with Crippen molar-refractivity contribution in [1.29, 1.82) is 0 Å². The highest BCUT2D eigenvalue weighted by Gasteiger charge is 2.10. The van der Waals surface area contributed by atoms with Crippen LogP contribution in [0.15, 0.2) is 61.2 Å². The molecule has 0 saturated heterocycles. The van der Waals surface area contributed by atoms with Gasteiger partial charge in [0.1, 0.15) is 5.75 Å². The molecular formula is C23H27N3O2. The monoisotopic (exact) mass is 377 g/mol. The van der Waals surface area contributed by atoms with E-state index in [1.54, 1.807) is 12.5 Å². The number of carbonyl (C=O) groups is 1. The van der Waals surface area contributed by atoms with Crippen LogP contribution in [0.4, 0.5) is 0 Å². The highest BCUT2D eigenvalue weighted by atomic mass is 16.5. The summed E-state index contributed by atoms with van der Waals surface area (Å²) in [5.41, 5.74) is 4.49. The lowest BCUT2D eigenvalue weighted by Crippen LogP contribution is -2.28. The minimum Gasteiger partial charge on any atom is -0.483 e. The molecule has 3 rings (SSSR count). The number of ether oxygens (including phenoxy) is 1. The zero-order chi connectivity index (χ0) is 19.9. The second-order valence-electron chi connectivity index (χ2n) is 7.31. The van der Waals surface area contributed by atoms with Gasteiger partial charge in [-0.2, -0.15) is 0 Å². The van der Waals surface area contributed by atoms with E-state index in [-0.39, 0.29) is 12.5 Å². The molecule has 0 aliphatic rings. The topological polar surface area (TPSA) is 56.1 Å². The molecule has 0 unspecified atom stereocenters. The van der Waals surface area contributed by atoms with Crippen molar-refractivity contribution in [3.05, 3.63) is 83.4 Å². The molecule has 146 valence electrons. The van der Waals surface area contributed by atoms with E-state index in [2.05, 4.69) is 48.4 Å². The van der Waals surface area contributed by atoms with E-state index in [1.807, 2.05) is 35.9 Å². The van der Waals surface area contributed by atoms with E-state index in [4.69, 9.17) is 4.74 Å². The summed E-state index contributed by atoms with van der Waals surface area (Å²) in [6.07, 6.45) is 5.51. The molecule has 5 nitrogen and oxygen atoms in total. The Labute approximate surface area is 166 Å². The summed E-state index contributed by atoms with van der Waals surface area (Å²) in [6, 6.07) is 14.3. The summed E-state index contributed by atoms with van der Waals surface area (Å²) in [6.45, 7) is 7.55. The zero-order valence-electron chi connectivity index (χ0n) is 16.7. The van der Waals surface area contributed by atoms with Gasteiger partial charge in [0, 0.05) is 25.5 Å². The predicted octanol–water partition coefficient (Wildman–Crippen LogP) is 4.06. The maximum atomic E-state index is 12.2. The second-order valence-corrected chi connectivity index (χ2v) is 7.31. The van der Waals surface area contributed by atoms with Crippen molar-refractivity contribution in [2.75, 3.05) is 6.61 Å². The highest BCUT2D eigenvalue weighted by Crippen LogP contribution is 2.27. The Morgan fingerprint density at radius 3 is 2.57 bits per heavy atom. The van der Waals surface area contributed by atoms with E-state index in [1.165, 1.54) is 5.56 Å². The van der Waals surface area contributed by atoms with Crippen molar-refractivity contribution in [2.24, 2.45) is 0 Å². The van der Waals surface area contributed by atoms with Crippen LogP contribution < -0.4 is 10.1 Å². The Balaban J connectivity index is 1.49. The van der Waals surface area contributed by atoms with E-state index < -0.39 is 0 Å². The molecule has 0 aliphatic heterocycles. The third kappa shape index (κ3) is 5.46. The van der Waals surface area contributed by atoms with Gasteiger partial charge >= 0.3 is 0 Å². The first-order valence-electron chi connectivity index (χ1n) is 9.55. The molecule has 0 fully saturated rings. The van der Waals surface area contributed by atoms with Gasteiger partial charge in [-0.25, -0.2) is 4.98 Å². The van der Waals surface area contributed by atoms with E-state index in [0.717, 1.165) is 29.0 Å². The van der Waals surface area contributed by atoms with E-state index in [9.17, 15) is 4.79 Å². The average molecular weight is 377 g/mol. The van der Waals surface area contributed by atoms with Gasteiger partial charge in [0.15, 0.2) is 6.61 Å². The molecule has 0 saturated carbocycles. The number of nitrogens with one attached hydrogen (secondary N) is 1. The largest absolute Gasteiger partial charge is 0.483 e. The molecule has 2 aromatic carbocycles. The Bertz CT molecular complexity index is 900. The standard InChI is InChI=1S/C23H27N3O2/c1-17(2)21-9-4-18(3)12-22(21)28-15-23(27)25-13-19-5-7-20(8-6-19)14-26-11-10-24-16-26/h4-12,16-17H,13-15H2,1-3H3,(H,25,27). The van der Waals surface area contributed by atoms with Gasteiger partial charge in [0.05, 0.1) is 6.33 Å². The molecule has 0 atom stereocenters. The fraction of sp³-hybridized carbons (Fsp3) is 0.304. The number of hydrogen-bond donors (Lipinski definition) is 1. The predicted molar refractivity (Wildman–Crippen MR) is 110 cm³/mol. The van der Waals surface area contributed by atoms with E-state index >= 15 is 0 Å². The fourth-order valence-corrected chi connectivity index (χ4v) is 2.99. The lowest BCUT2D eigenvalue weighted by atomic mass is 10.0. The van der Waals surface area contributed by atoms with Crippen molar-refractivity contribution in [3.63, 3.8) is 0 Å².